The van der Waals surface area contributed by atoms with Gasteiger partial charge in [0.05, 0.1) is 28.7 Å². The number of amides is 2. The van der Waals surface area contributed by atoms with Crippen molar-refractivity contribution >= 4 is 23.2 Å². The van der Waals surface area contributed by atoms with Crippen molar-refractivity contribution in [2.45, 2.75) is 13.5 Å². The summed E-state index contributed by atoms with van der Waals surface area (Å²) in [6.07, 6.45) is 1.53. The molecule has 2 aromatic heterocycles. The molecule has 0 radical (unpaired) electrons. The zero-order valence-electron chi connectivity index (χ0n) is 14.7. The van der Waals surface area contributed by atoms with Crippen LogP contribution < -0.4 is 5.32 Å². The molecule has 134 valence electrons. The molecule has 0 bridgehead atoms. The van der Waals surface area contributed by atoms with Gasteiger partial charge in [-0.1, -0.05) is 24.3 Å². The van der Waals surface area contributed by atoms with E-state index in [9.17, 15) is 9.59 Å². The SMILES string of the molecule is Cc1ncsc1C(=O)NCc1ccc(-c2[nH]ncc2C(=O)N(C)C)cc1. The van der Waals surface area contributed by atoms with Gasteiger partial charge in [-0.05, 0) is 12.5 Å². The van der Waals surface area contributed by atoms with Crippen LogP contribution in [0.4, 0.5) is 0 Å². The van der Waals surface area contributed by atoms with Gasteiger partial charge in [-0.3, -0.25) is 14.7 Å². The number of rotatable bonds is 5. The molecule has 8 heteroatoms. The van der Waals surface area contributed by atoms with Gasteiger partial charge in [-0.15, -0.1) is 11.3 Å². The van der Waals surface area contributed by atoms with Gasteiger partial charge in [0.15, 0.2) is 0 Å². The fraction of sp³-hybridized carbons (Fsp3) is 0.222. The topological polar surface area (TPSA) is 91.0 Å². The minimum Gasteiger partial charge on any atom is -0.347 e. The minimum atomic E-state index is -0.124. The maximum Gasteiger partial charge on any atom is 0.263 e. The van der Waals surface area contributed by atoms with Crippen molar-refractivity contribution in [3.05, 3.63) is 57.7 Å². The van der Waals surface area contributed by atoms with E-state index in [1.54, 1.807) is 19.6 Å². The molecule has 0 aliphatic carbocycles. The maximum atomic E-state index is 12.2. The molecule has 3 aromatic rings. The summed E-state index contributed by atoms with van der Waals surface area (Å²) in [5, 5.41) is 9.76. The number of aromatic amines is 1. The lowest BCUT2D eigenvalue weighted by Crippen LogP contribution is -2.22. The summed E-state index contributed by atoms with van der Waals surface area (Å²) < 4.78 is 0. The van der Waals surface area contributed by atoms with E-state index < -0.39 is 0 Å². The van der Waals surface area contributed by atoms with E-state index in [0.717, 1.165) is 16.8 Å². The van der Waals surface area contributed by atoms with Gasteiger partial charge in [-0.25, -0.2) is 4.98 Å². The van der Waals surface area contributed by atoms with Gasteiger partial charge in [0, 0.05) is 26.2 Å². The number of aryl methyl sites for hydroxylation is 1. The molecule has 0 unspecified atom stereocenters. The Morgan fingerprint density at radius 3 is 2.58 bits per heavy atom. The second-order valence-corrected chi connectivity index (χ2v) is 6.86. The third-order valence-electron chi connectivity index (χ3n) is 3.92. The first-order valence-corrected chi connectivity index (χ1v) is 8.88. The second-order valence-electron chi connectivity index (χ2n) is 6.00. The normalized spacial score (nSPS) is 10.6. The quantitative estimate of drug-likeness (QED) is 0.723. The highest BCUT2D eigenvalue weighted by Crippen LogP contribution is 2.22. The Morgan fingerprint density at radius 1 is 1.23 bits per heavy atom. The Labute approximate surface area is 155 Å². The summed E-state index contributed by atoms with van der Waals surface area (Å²) in [5.41, 5.74) is 5.43. The Kier molecular flexibility index (Phi) is 5.13. The van der Waals surface area contributed by atoms with Crippen LogP contribution in [0.25, 0.3) is 11.3 Å². The van der Waals surface area contributed by atoms with Crippen molar-refractivity contribution < 1.29 is 9.59 Å². The first-order valence-electron chi connectivity index (χ1n) is 8.00. The van der Waals surface area contributed by atoms with E-state index in [0.29, 0.717) is 22.7 Å². The highest BCUT2D eigenvalue weighted by molar-refractivity contribution is 7.11. The summed E-state index contributed by atoms with van der Waals surface area (Å²) in [5.74, 6) is -0.230. The summed E-state index contributed by atoms with van der Waals surface area (Å²) in [4.78, 5) is 30.6. The smallest absolute Gasteiger partial charge is 0.263 e. The van der Waals surface area contributed by atoms with Gasteiger partial charge in [0.1, 0.15) is 4.88 Å². The van der Waals surface area contributed by atoms with Gasteiger partial charge in [-0.2, -0.15) is 5.10 Å². The Bertz CT molecular complexity index is 927. The van der Waals surface area contributed by atoms with Crippen molar-refractivity contribution in [1.82, 2.24) is 25.4 Å². The number of benzene rings is 1. The van der Waals surface area contributed by atoms with E-state index in [-0.39, 0.29) is 11.8 Å². The van der Waals surface area contributed by atoms with Crippen LogP contribution in [0.3, 0.4) is 0 Å². The van der Waals surface area contributed by atoms with Gasteiger partial charge in [0.25, 0.3) is 11.8 Å². The number of aromatic nitrogens is 3. The van der Waals surface area contributed by atoms with E-state index in [2.05, 4.69) is 20.5 Å². The summed E-state index contributed by atoms with van der Waals surface area (Å²) >= 11 is 1.33. The highest BCUT2D eigenvalue weighted by atomic mass is 32.1. The van der Waals surface area contributed by atoms with Crippen LogP contribution >= 0.6 is 11.3 Å². The maximum absolute atomic E-state index is 12.2. The lowest BCUT2D eigenvalue weighted by atomic mass is 10.1. The third-order valence-corrected chi connectivity index (χ3v) is 4.85. The number of thiazole rings is 1. The summed E-state index contributed by atoms with van der Waals surface area (Å²) in [6.45, 7) is 2.24. The lowest BCUT2D eigenvalue weighted by Gasteiger charge is -2.10. The van der Waals surface area contributed by atoms with Crippen molar-refractivity contribution in [2.75, 3.05) is 14.1 Å². The molecule has 1 aromatic carbocycles. The Hall–Kier alpha value is -3.00. The number of hydrogen-bond acceptors (Lipinski definition) is 5. The molecule has 0 aliphatic heterocycles. The predicted molar refractivity (Wildman–Crippen MR) is 100 cm³/mol. The second kappa shape index (κ2) is 7.49. The van der Waals surface area contributed by atoms with Crippen molar-refractivity contribution in [3.63, 3.8) is 0 Å². The van der Waals surface area contributed by atoms with E-state index >= 15 is 0 Å². The van der Waals surface area contributed by atoms with E-state index in [1.165, 1.54) is 22.4 Å². The van der Waals surface area contributed by atoms with Crippen LogP contribution in [0, 0.1) is 6.92 Å². The van der Waals surface area contributed by atoms with Crippen molar-refractivity contribution in [1.29, 1.82) is 0 Å². The number of nitrogens with zero attached hydrogens (tertiary/aromatic N) is 3. The molecule has 0 aliphatic rings. The molecule has 2 amide bonds. The predicted octanol–water partition coefficient (Wildman–Crippen LogP) is 2.47. The molecular weight excluding hydrogens is 350 g/mol. The number of carbonyl (C=O) groups excluding carboxylic acids is 2. The first-order chi connectivity index (χ1) is 12.5. The average Bonchev–Trinajstić information content (AvgIpc) is 3.28. The molecule has 2 heterocycles. The van der Waals surface area contributed by atoms with Gasteiger partial charge < -0.3 is 10.2 Å². The zero-order valence-corrected chi connectivity index (χ0v) is 15.6. The molecule has 2 N–H and O–H groups in total. The summed E-state index contributed by atoms with van der Waals surface area (Å²) in [7, 11) is 3.41. The van der Waals surface area contributed by atoms with Gasteiger partial charge >= 0.3 is 0 Å². The zero-order chi connectivity index (χ0) is 18.7. The van der Waals surface area contributed by atoms with Crippen molar-refractivity contribution in [3.8, 4) is 11.3 Å². The molecule has 0 fully saturated rings. The van der Waals surface area contributed by atoms with Crippen LogP contribution in [0.5, 0.6) is 0 Å². The Morgan fingerprint density at radius 2 is 1.96 bits per heavy atom. The first kappa shape index (κ1) is 17.8. The van der Waals surface area contributed by atoms with E-state index in [1.807, 2.05) is 31.2 Å². The Balaban J connectivity index is 1.70. The molecule has 0 saturated carbocycles. The largest absolute Gasteiger partial charge is 0.347 e. The molecule has 7 nitrogen and oxygen atoms in total. The number of hydrogen-bond donors (Lipinski definition) is 2. The number of nitrogens with one attached hydrogen (secondary N) is 2. The fourth-order valence-electron chi connectivity index (χ4n) is 2.48. The molecule has 3 rings (SSSR count). The fourth-order valence-corrected chi connectivity index (χ4v) is 3.20. The lowest BCUT2D eigenvalue weighted by molar-refractivity contribution is 0.0828. The molecule has 0 saturated heterocycles. The number of H-pyrrole nitrogens is 1. The van der Waals surface area contributed by atoms with Crippen LogP contribution in [-0.2, 0) is 6.54 Å². The van der Waals surface area contributed by atoms with Crippen LogP contribution in [0.1, 0.15) is 31.3 Å². The minimum absolute atomic E-state index is 0.106. The van der Waals surface area contributed by atoms with Crippen LogP contribution in [0.2, 0.25) is 0 Å². The molecule has 26 heavy (non-hydrogen) atoms. The van der Waals surface area contributed by atoms with E-state index in [4.69, 9.17) is 0 Å². The van der Waals surface area contributed by atoms with Gasteiger partial charge in [0.2, 0.25) is 0 Å². The van der Waals surface area contributed by atoms with Crippen LogP contribution in [-0.4, -0.2) is 46.0 Å². The monoisotopic (exact) mass is 369 g/mol. The molecule has 0 atom stereocenters. The van der Waals surface area contributed by atoms with Crippen molar-refractivity contribution in [2.24, 2.45) is 0 Å². The average molecular weight is 369 g/mol. The molecular formula is C18H19N5O2S. The third kappa shape index (κ3) is 3.65. The molecule has 0 spiro atoms. The van der Waals surface area contributed by atoms with Crippen LogP contribution in [0.15, 0.2) is 36.0 Å². The number of carbonyl (C=O) groups is 2. The standard InChI is InChI=1S/C18H19N5O2S/c1-11-16(26-10-20-11)17(24)19-8-12-4-6-13(7-5-12)15-14(9-21-22-15)18(25)23(2)3/h4-7,9-10H,8H2,1-3H3,(H,19,24)(H,21,22). The highest BCUT2D eigenvalue weighted by Gasteiger charge is 2.17. The summed E-state index contributed by atoms with van der Waals surface area (Å²) in [6, 6.07) is 7.64.